The van der Waals surface area contributed by atoms with Gasteiger partial charge in [0.2, 0.25) is 0 Å². The molecule has 0 fully saturated rings. The second kappa shape index (κ2) is 9.24. The Morgan fingerprint density at radius 2 is 1.51 bits per heavy atom. The molecule has 3 aromatic heterocycles. The maximum Gasteiger partial charge on any atom is 0.268 e. The minimum absolute atomic E-state index is 0.238. The van der Waals surface area contributed by atoms with Crippen molar-refractivity contribution in [2.75, 3.05) is 12.5 Å². The highest BCUT2D eigenvalue weighted by Gasteiger charge is 2.22. The number of aromatic nitrogens is 3. The fraction of sp³-hybridized carbons (Fsp3) is 0.148. The summed E-state index contributed by atoms with van der Waals surface area (Å²) in [6.07, 6.45) is 1.90. The van der Waals surface area contributed by atoms with E-state index in [-0.39, 0.29) is 4.90 Å². The van der Waals surface area contributed by atoms with E-state index in [0.717, 1.165) is 33.7 Å². The molecule has 0 bridgehead atoms. The van der Waals surface area contributed by atoms with Crippen LogP contribution in [0.4, 0.5) is 0 Å². The number of rotatable bonds is 7. The standard InChI is InChI=1S/C27H24ClN3O3S/c1-19-6-7-20(2)31(19)35(32,33)24-14-10-21(11-15-24)26-25-5-3-4-17-30(25)29-27(26)22-8-12-23(13-9-22)34-18-16-28/h3-15,17H,16,18H2,1-2H3. The average molecular weight is 506 g/mol. The van der Waals surface area contributed by atoms with E-state index in [1.54, 1.807) is 38.1 Å². The zero-order valence-corrected chi connectivity index (χ0v) is 20.9. The molecule has 0 aliphatic heterocycles. The van der Waals surface area contributed by atoms with Gasteiger partial charge < -0.3 is 4.74 Å². The monoisotopic (exact) mass is 505 g/mol. The molecule has 5 rings (SSSR count). The van der Waals surface area contributed by atoms with Gasteiger partial charge in [-0.05, 0) is 80.1 Å². The summed E-state index contributed by atoms with van der Waals surface area (Å²) in [5, 5.41) is 4.82. The van der Waals surface area contributed by atoms with Crippen molar-refractivity contribution in [3.05, 3.63) is 96.4 Å². The van der Waals surface area contributed by atoms with Crippen LogP contribution in [0, 0.1) is 13.8 Å². The maximum atomic E-state index is 13.3. The van der Waals surface area contributed by atoms with E-state index in [0.29, 0.717) is 23.9 Å². The summed E-state index contributed by atoms with van der Waals surface area (Å²) in [6, 6.07) is 24.2. The molecule has 0 saturated heterocycles. The number of halogens is 1. The molecule has 178 valence electrons. The molecule has 0 radical (unpaired) electrons. The predicted octanol–water partition coefficient (Wildman–Crippen LogP) is 5.94. The number of fused-ring (bicyclic) bond motifs is 1. The van der Waals surface area contributed by atoms with Crippen LogP contribution in [0.3, 0.4) is 0 Å². The summed E-state index contributed by atoms with van der Waals surface area (Å²) in [7, 11) is -3.69. The fourth-order valence-corrected chi connectivity index (χ4v) is 5.93. The quantitative estimate of drug-likeness (QED) is 0.257. The molecule has 0 unspecified atom stereocenters. The van der Waals surface area contributed by atoms with E-state index in [9.17, 15) is 8.42 Å². The molecule has 0 aliphatic carbocycles. The third-order valence-electron chi connectivity index (χ3n) is 5.90. The van der Waals surface area contributed by atoms with Crippen molar-refractivity contribution in [1.29, 1.82) is 0 Å². The Morgan fingerprint density at radius 1 is 0.857 bits per heavy atom. The van der Waals surface area contributed by atoms with Crippen LogP contribution < -0.4 is 4.74 Å². The van der Waals surface area contributed by atoms with Gasteiger partial charge in [0.15, 0.2) is 0 Å². The Hall–Kier alpha value is -3.55. The number of benzene rings is 2. The molecule has 5 aromatic rings. The molecule has 0 saturated carbocycles. The van der Waals surface area contributed by atoms with Crippen molar-refractivity contribution >= 4 is 27.1 Å². The van der Waals surface area contributed by atoms with Crippen LogP contribution in [0.5, 0.6) is 5.75 Å². The van der Waals surface area contributed by atoms with Crippen molar-refractivity contribution in [2.24, 2.45) is 0 Å². The first kappa shape index (κ1) is 23.2. The van der Waals surface area contributed by atoms with Crippen LogP contribution in [0.1, 0.15) is 11.4 Å². The zero-order valence-electron chi connectivity index (χ0n) is 19.3. The summed E-state index contributed by atoms with van der Waals surface area (Å²) in [5.41, 5.74) is 5.81. The van der Waals surface area contributed by atoms with Gasteiger partial charge in [-0.3, -0.25) is 0 Å². The first-order valence-electron chi connectivity index (χ1n) is 11.2. The van der Waals surface area contributed by atoms with Gasteiger partial charge in [-0.15, -0.1) is 11.6 Å². The Balaban J connectivity index is 1.59. The second-order valence-electron chi connectivity index (χ2n) is 8.23. The number of hydrogen-bond acceptors (Lipinski definition) is 4. The van der Waals surface area contributed by atoms with Gasteiger partial charge in [0.25, 0.3) is 10.0 Å². The lowest BCUT2D eigenvalue weighted by Gasteiger charge is -2.12. The number of ether oxygens (including phenoxy) is 1. The summed E-state index contributed by atoms with van der Waals surface area (Å²) in [5.74, 6) is 1.16. The van der Waals surface area contributed by atoms with Crippen LogP contribution in [-0.2, 0) is 10.0 Å². The first-order valence-corrected chi connectivity index (χ1v) is 13.1. The number of aryl methyl sites for hydroxylation is 2. The average Bonchev–Trinajstić information content (AvgIpc) is 3.43. The number of nitrogens with zero attached hydrogens (tertiary/aromatic N) is 3. The SMILES string of the molecule is Cc1ccc(C)n1S(=O)(=O)c1ccc(-c2c(-c3ccc(OCCCl)cc3)nn3ccccc23)cc1. The van der Waals surface area contributed by atoms with Gasteiger partial charge in [0.1, 0.15) is 18.1 Å². The molecule has 0 aliphatic rings. The minimum atomic E-state index is -3.69. The molecule has 0 spiro atoms. The lowest BCUT2D eigenvalue weighted by atomic mass is 10.00. The number of alkyl halides is 1. The third-order valence-corrected chi connectivity index (χ3v) is 7.98. The Kier molecular flexibility index (Phi) is 6.13. The van der Waals surface area contributed by atoms with Crippen LogP contribution in [0.2, 0.25) is 0 Å². The highest BCUT2D eigenvalue weighted by Crippen LogP contribution is 2.36. The van der Waals surface area contributed by atoms with E-state index in [2.05, 4.69) is 0 Å². The molecule has 0 amide bonds. The molecular formula is C27H24ClN3O3S. The number of hydrogen-bond donors (Lipinski definition) is 0. The van der Waals surface area contributed by atoms with Crippen molar-refractivity contribution in [1.82, 2.24) is 13.6 Å². The van der Waals surface area contributed by atoms with E-state index < -0.39 is 10.0 Å². The van der Waals surface area contributed by atoms with E-state index in [1.807, 2.05) is 65.3 Å². The highest BCUT2D eigenvalue weighted by atomic mass is 35.5. The molecule has 0 atom stereocenters. The molecule has 8 heteroatoms. The van der Waals surface area contributed by atoms with Gasteiger partial charge in [0.05, 0.1) is 16.3 Å². The summed E-state index contributed by atoms with van der Waals surface area (Å²) < 4.78 is 35.3. The van der Waals surface area contributed by atoms with Crippen molar-refractivity contribution < 1.29 is 13.2 Å². The van der Waals surface area contributed by atoms with E-state index in [4.69, 9.17) is 21.4 Å². The van der Waals surface area contributed by atoms with Crippen LogP contribution >= 0.6 is 11.6 Å². The smallest absolute Gasteiger partial charge is 0.268 e. The number of pyridine rings is 1. The lowest BCUT2D eigenvalue weighted by molar-refractivity contribution is 0.343. The normalized spacial score (nSPS) is 11.7. The molecule has 3 heterocycles. The first-order chi connectivity index (χ1) is 16.9. The van der Waals surface area contributed by atoms with Crippen LogP contribution in [-0.4, -0.2) is 34.5 Å². The van der Waals surface area contributed by atoms with Crippen LogP contribution in [0.25, 0.3) is 27.9 Å². The molecular weight excluding hydrogens is 482 g/mol. The molecule has 6 nitrogen and oxygen atoms in total. The van der Waals surface area contributed by atoms with Gasteiger partial charge in [0, 0.05) is 28.7 Å². The predicted molar refractivity (Wildman–Crippen MR) is 139 cm³/mol. The minimum Gasteiger partial charge on any atom is -0.492 e. The van der Waals surface area contributed by atoms with Gasteiger partial charge in [-0.25, -0.2) is 16.9 Å². The van der Waals surface area contributed by atoms with Gasteiger partial charge in [-0.2, -0.15) is 5.10 Å². The third kappa shape index (κ3) is 4.22. The summed E-state index contributed by atoms with van der Waals surface area (Å²) in [6.45, 7) is 4.02. The largest absolute Gasteiger partial charge is 0.492 e. The zero-order chi connectivity index (χ0) is 24.6. The summed E-state index contributed by atoms with van der Waals surface area (Å²) >= 11 is 5.72. The van der Waals surface area contributed by atoms with E-state index >= 15 is 0 Å². The van der Waals surface area contributed by atoms with Gasteiger partial charge >= 0.3 is 0 Å². The molecule has 0 N–H and O–H groups in total. The fourth-order valence-electron chi connectivity index (χ4n) is 4.28. The highest BCUT2D eigenvalue weighted by molar-refractivity contribution is 7.90. The molecule has 2 aromatic carbocycles. The second-order valence-corrected chi connectivity index (χ2v) is 10.4. The van der Waals surface area contributed by atoms with Crippen molar-refractivity contribution in [3.8, 4) is 28.1 Å². The topological polar surface area (TPSA) is 65.6 Å². The Morgan fingerprint density at radius 3 is 2.17 bits per heavy atom. The molecule has 35 heavy (non-hydrogen) atoms. The van der Waals surface area contributed by atoms with Crippen molar-refractivity contribution in [2.45, 2.75) is 18.7 Å². The Bertz CT molecular complexity index is 1580. The van der Waals surface area contributed by atoms with E-state index in [1.165, 1.54) is 3.97 Å². The van der Waals surface area contributed by atoms with Crippen LogP contribution in [0.15, 0.2) is 90.0 Å². The maximum absolute atomic E-state index is 13.3. The van der Waals surface area contributed by atoms with Crippen molar-refractivity contribution in [3.63, 3.8) is 0 Å². The summed E-state index contributed by atoms with van der Waals surface area (Å²) in [4.78, 5) is 0.238. The lowest BCUT2D eigenvalue weighted by Crippen LogP contribution is -2.15. The Labute approximate surface area is 209 Å². The van der Waals surface area contributed by atoms with Gasteiger partial charge in [-0.1, -0.05) is 18.2 Å².